The molecule has 0 aliphatic carbocycles. The fourth-order valence-corrected chi connectivity index (χ4v) is 2.02. The standard InChI is InChI=1S/C14H15ClN2/c1-10-5-13(9-17-7-10)11-3-4-12(8-16-2)14(15)6-11/h3-7,9,16H,8H2,1-2H3. The van der Waals surface area contributed by atoms with Crippen molar-refractivity contribution in [2.45, 2.75) is 13.5 Å². The van der Waals surface area contributed by atoms with E-state index in [1.165, 1.54) is 0 Å². The summed E-state index contributed by atoms with van der Waals surface area (Å²) in [4.78, 5) is 4.19. The van der Waals surface area contributed by atoms with E-state index in [9.17, 15) is 0 Å². The highest BCUT2D eigenvalue weighted by Gasteiger charge is 2.03. The van der Waals surface area contributed by atoms with Crippen LogP contribution in [0.25, 0.3) is 11.1 Å². The number of aryl methyl sites for hydroxylation is 1. The number of benzene rings is 1. The van der Waals surface area contributed by atoms with Crippen LogP contribution in [0.15, 0.2) is 36.7 Å². The molecule has 0 aliphatic rings. The zero-order chi connectivity index (χ0) is 12.3. The highest BCUT2D eigenvalue weighted by molar-refractivity contribution is 6.31. The second-order valence-electron chi connectivity index (χ2n) is 4.09. The van der Waals surface area contributed by atoms with E-state index >= 15 is 0 Å². The first kappa shape index (κ1) is 12.1. The molecule has 2 nitrogen and oxygen atoms in total. The average Bonchev–Trinajstić information content (AvgIpc) is 2.32. The van der Waals surface area contributed by atoms with Crippen LogP contribution in [0.4, 0.5) is 0 Å². The summed E-state index contributed by atoms with van der Waals surface area (Å²) in [7, 11) is 1.91. The van der Waals surface area contributed by atoms with Crippen LogP contribution >= 0.6 is 11.6 Å². The first-order valence-electron chi connectivity index (χ1n) is 5.56. The van der Waals surface area contributed by atoms with Crippen LogP contribution in [0.1, 0.15) is 11.1 Å². The van der Waals surface area contributed by atoms with Crippen LogP contribution in [-0.2, 0) is 6.54 Å². The summed E-state index contributed by atoms with van der Waals surface area (Å²) in [5.41, 5.74) is 4.46. The lowest BCUT2D eigenvalue weighted by Gasteiger charge is -2.07. The molecule has 0 fully saturated rings. The third-order valence-electron chi connectivity index (χ3n) is 2.63. The molecule has 2 aromatic rings. The van der Waals surface area contributed by atoms with Gasteiger partial charge in [-0.1, -0.05) is 23.7 Å². The van der Waals surface area contributed by atoms with E-state index in [0.29, 0.717) is 0 Å². The van der Waals surface area contributed by atoms with Gasteiger partial charge in [0.2, 0.25) is 0 Å². The van der Waals surface area contributed by atoms with Gasteiger partial charge in [0.05, 0.1) is 0 Å². The highest BCUT2D eigenvalue weighted by atomic mass is 35.5. The van der Waals surface area contributed by atoms with Gasteiger partial charge in [-0.15, -0.1) is 0 Å². The predicted octanol–water partition coefficient (Wildman–Crippen LogP) is 3.43. The van der Waals surface area contributed by atoms with Crippen molar-refractivity contribution in [2.24, 2.45) is 0 Å². The van der Waals surface area contributed by atoms with Gasteiger partial charge in [0, 0.05) is 29.5 Å². The largest absolute Gasteiger partial charge is 0.316 e. The van der Waals surface area contributed by atoms with Crippen molar-refractivity contribution in [3.8, 4) is 11.1 Å². The lowest BCUT2D eigenvalue weighted by molar-refractivity contribution is 0.818. The molecule has 17 heavy (non-hydrogen) atoms. The normalized spacial score (nSPS) is 10.5. The zero-order valence-corrected chi connectivity index (χ0v) is 10.8. The Bertz CT molecular complexity index is 523. The quantitative estimate of drug-likeness (QED) is 0.898. The van der Waals surface area contributed by atoms with Crippen molar-refractivity contribution >= 4 is 11.6 Å². The number of pyridine rings is 1. The lowest BCUT2D eigenvalue weighted by atomic mass is 10.0. The molecule has 0 aliphatic heterocycles. The van der Waals surface area contributed by atoms with Crippen molar-refractivity contribution < 1.29 is 0 Å². The zero-order valence-electron chi connectivity index (χ0n) is 10.00. The summed E-state index contributed by atoms with van der Waals surface area (Å²) in [6.45, 7) is 2.82. The molecule has 1 heterocycles. The summed E-state index contributed by atoms with van der Waals surface area (Å²) < 4.78 is 0. The monoisotopic (exact) mass is 246 g/mol. The summed E-state index contributed by atoms with van der Waals surface area (Å²) in [6.07, 6.45) is 3.71. The van der Waals surface area contributed by atoms with Crippen LogP contribution in [0, 0.1) is 6.92 Å². The van der Waals surface area contributed by atoms with Gasteiger partial charge in [-0.25, -0.2) is 0 Å². The van der Waals surface area contributed by atoms with Gasteiger partial charge in [0.1, 0.15) is 0 Å². The second kappa shape index (κ2) is 5.30. The molecule has 0 spiro atoms. The number of halogens is 1. The maximum Gasteiger partial charge on any atom is 0.0457 e. The van der Waals surface area contributed by atoms with Gasteiger partial charge in [-0.2, -0.15) is 0 Å². The number of hydrogen-bond donors (Lipinski definition) is 1. The Balaban J connectivity index is 2.37. The van der Waals surface area contributed by atoms with E-state index in [4.69, 9.17) is 11.6 Å². The minimum Gasteiger partial charge on any atom is -0.316 e. The molecule has 0 amide bonds. The number of nitrogens with one attached hydrogen (secondary N) is 1. The molecule has 0 bridgehead atoms. The maximum absolute atomic E-state index is 6.24. The minimum atomic E-state index is 0.783. The smallest absolute Gasteiger partial charge is 0.0457 e. The van der Waals surface area contributed by atoms with Crippen LogP contribution in [0.5, 0.6) is 0 Å². The van der Waals surface area contributed by atoms with Crippen LogP contribution in [-0.4, -0.2) is 12.0 Å². The van der Waals surface area contributed by atoms with Gasteiger partial charge < -0.3 is 5.32 Å². The number of aromatic nitrogens is 1. The minimum absolute atomic E-state index is 0.783. The molecule has 0 saturated heterocycles. The van der Waals surface area contributed by atoms with Crippen molar-refractivity contribution in [2.75, 3.05) is 7.05 Å². The maximum atomic E-state index is 6.24. The van der Waals surface area contributed by atoms with E-state index in [2.05, 4.69) is 28.5 Å². The summed E-state index contributed by atoms with van der Waals surface area (Å²) >= 11 is 6.24. The molecule has 1 N–H and O–H groups in total. The fraction of sp³-hybridized carbons (Fsp3) is 0.214. The van der Waals surface area contributed by atoms with Gasteiger partial charge in [0.25, 0.3) is 0 Å². The van der Waals surface area contributed by atoms with Gasteiger partial charge >= 0.3 is 0 Å². The third-order valence-corrected chi connectivity index (χ3v) is 2.98. The summed E-state index contributed by atoms with van der Waals surface area (Å²) in [6, 6.07) is 8.23. The lowest BCUT2D eigenvalue weighted by Crippen LogP contribution is -2.05. The Morgan fingerprint density at radius 3 is 2.65 bits per heavy atom. The first-order valence-corrected chi connectivity index (χ1v) is 5.93. The molecule has 3 heteroatoms. The Kier molecular flexibility index (Phi) is 3.77. The van der Waals surface area contributed by atoms with E-state index < -0.39 is 0 Å². The molecule has 2 rings (SSSR count). The molecule has 0 radical (unpaired) electrons. The second-order valence-corrected chi connectivity index (χ2v) is 4.49. The summed E-state index contributed by atoms with van der Waals surface area (Å²) in [5.74, 6) is 0. The van der Waals surface area contributed by atoms with E-state index in [1.807, 2.05) is 32.4 Å². The number of rotatable bonds is 3. The SMILES string of the molecule is CNCc1ccc(-c2cncc(C)c2)cc1Cl. The molecular weight excluding hydrogens is 232 g/mol. The molecule has 0 atom stereocenters. The van der Waals surface area contributed by atoms with Crippen LogP contribution < -0.4 is 5.32 Å². The van der Waals surface area contributed by atoms with Gasteiger partial charge in [-0.05, 0) is 42.8 Å². The molecule has 1 aromatic heterocycles. The van der Waals surface area contributed by atoms with Crippen LogP contribution in [0.2, 0.25) is 5.02 Å². The highest BCUT2D eigenvalue weighted by Crippen LogP contribution is 2.25. The van der Waals surface area contributed by atoms with E-state index in [1.54, 1.807) is 0 Å². The molecule has 0 saturated carbocycles. The molecule has 0 unspecified atom stereocenters. The van der Waals surface area contributed by atoms with Crippen molar-refractivity contribution in [1.29, 1.82) is 0 Å². The van der Waals surface area contributed by atoms with Crippen molar-refractivity contribution in [3.63, 3.8) is 0 Å². The Labute approximate surface area is 107 Å². The Morgan fingerprint density at radius 1 is 1.18 bits per heavy atom. The van der Waals surface area contributed by atoms with Crippen LogP contribution in [0.3, 0.4) is 0 Å². The topological polar surface area (TPSA) is 24.9 Å². The fourth-order valence-electron chi connectivity index (χ4n) is 1.77. The van der Waals surface area contributed by atoms with E-state index in [-0.39, 0.29) is 0 Å². The molecular formula is C14H15ClN2. The Hall–Kier alpha value is -1.38. The van der Waals surface area contributed by atoms with Crippen molar-refractivity contribution in [3.05, 3.63) is 52.8 Å². The summed E-state index contributed by atoms with van der Waals surface area (Å²) in [5, 5.41) is 3.89. The predicted molar refractivity (Wildman–Crippen MR) is 72.2 cm³/mol. The first-order chi connectivity index (χ1) is 8.20. The van der Waals surface area contributed by atoms with E-state index in [0.717, 1.165) is 33.8 Å². The third kappa shape index (κ3) is 2.84. The molecule has 1 aromatic carbocycles. The molecule has 88 valence electrons. The van der Waals surface area contributed by atoms with Crippen molar-refractivity contribution in [1.82, 2.24) is 10.3 Å². The van der Waals surface area contributed by atoms with Gasteiger partial charge in [-0.3, -0.25) is 4.98 Å². The Morgan fingerprint density at radius 2 is 2.00 bits per heavy atom. The van der Waals surface area contributed by atoms with Gasteiger partial charge in [0.15, 0.2) is 0 Å². The number of hydrogen-bond acceptors (Lipinski definition) is 2. The number of nitrogens with zero attached hydrogens (tertiary/aromatic N) is 1. The average molecular weight is 247 g/mol.